The van der Waals surface area contributed by atoms with Gasteiger partial charge in [-0.05, 0) is 30.2 Å². The fourth-order valence-corrected chi connectivity index (χ4v) is 2.53. The van der Waals surface area contributed by atoms with Crippen molar-refractivity contribution in [1.29, 1.82) is 0 Å². The molecule has 0 aliphatic rings. The molecule has 4 heteroatoms. The number of carbonyl (C=O) groups is 1. The maximum Gasteiger partial charge on any atom is 0.358 e. The number of benzene rings is 2. The fraction of sp³-hybridized carbons (Fsp3) is 0.158. The predicted octanol–water partition coefficient (Wildman–Crippen LogP) is 3.93. The Morgan fingerprint density at radius 3 is 2.43 bits per heavy atom. The monoisotopic (exact) mass is 306 g/mol. The molecule has 0 bridgehead atoms. The Labute approximate surface area is 135 Å². The molecular formula is C19H18N2O2. The molecule has 3 rings (SSSR count). The maximum absolute atomic E-state index is 11.8. The lowest BCUT2D eigenvalue weighted by Crippen LogP contribution is -2.05. The van der Waals surface area contributed by atoms with Crippen molar-refractivity contribution in [3.05, 3.63) is 66.4 Å². The Bertz CT molecular complexity index is 822. The smallest absolute Gasteiger partial charge is 0.358 e. The minimum absolute atomic E-state index is 0.328. The van der Waals surface area contributed by atoms with Crippen molar-refractivity contribution in [1.82, 2.24) is 9.78 Å². The molecule has 3 aromatic rings. The second-order valence-electron chi connectivity index (χ2n) is 5.21. The quantitative estimate of drug-likeness (QED) is 0.686. The van der Waals surface area contributed by atoms with E-state index in [-0.39, 0.29) is 0 Å². The average molecular weight is 306 g/mol. The average Bonchev–Trinajstić information content (AvgIpc) is 2.98. The summed E-state index contributed by atoms with van der Waals surface area (Å²) in [6.45, 7) is 2.12. The first-order valence-corrected chi connectivity index (χ1v) is 7.56. The number of rotatable bonds is 4. The number of nitrogens with zero attached hydrogens (tertiary/aromatic N) is 2. The minimum Gasteiger partial charge on any atom is -0.461 e. The van der Waals surface area contributed by atoms with Gasteiger partial charge in [-0.2, -0.15) is 5.10 Å². The standard InChI is InChI=1S/C19H18N2O2/c1-3-23-19(22)17-13-18(21(2)20-17)16-11-7-10-15(12-16)14-8-5-4-6-9-14/h4-13H,3H2,1-2H3. The zero-order valence-corrected chi connectivity index (χ0v) is 13.2. The van der Waals surface area contributed by atoms with Crippen molar-refractivity contribution in [2.24, 2.45) is 7.05 Å². The molecule has 0 saturated carbocycles. The predicted molar refractivity (Wildman–Crippen MR) is 90.0 cm³/mol. The lowest BCUT2D eigenvalue weighted by atomic mass is 10.0. The van der Waals surface area contributed by atoms with Crippen LogP contribution >= 0.6 is 0 Å². The highest BCUT2D eigenvalue weighted by Crippen LogP contribution is 2.26. The van der Waals surface area contributed by atoms with Crippen LogP contribution in [0.2, 0.25) is 0 Å². The van der Waals surface area contributed by atoms with Gasteiger partial charge in [-0.15, -0.1) is 0 Å². The molecule has 23 heavy (non-hydrogen) atoms. The highest BCUT2D eigenvalue weighted by molar-refractivity contribution is 5.89. The summed E-state index contributed by atoms with van der Waals surface area (Å²) < 4.78 is 6.72. The highest BCUT2D eigenvalue weighted by Gasteiger charge is 2.15. The number of hydrogen-bond donors (Lipinski definition) is 0. The molecule has 1 heterocycles. The number of carbonyl (C=O) groups excluding carboxylic acids is 1. The van der Waals surface area contributed by atoms with Crippen molar-refractivity contribution < 1.29 is 9.53 Å². The molecular weight excluding hydrogens is 288 g/mol. The number of ether oxygens (including phenoxy) is 1. The van der Waals surface area contributed by atoms with Crippen molar-refractivity contribution >= 4 is 5.97 Å². The van der Waals surface area contributed by atoms with E-state index in [1.165, 1.54) is 0 Å². The van der Waals surface area contributed by atoms with Crippen LogP contribution in [0.4, 0.5) is 0 Å². The van der Waals surface area contributed by atoms with E-state index >= 15 is 0 Å². The number of aromatic nitrogens is 2. The summed E-state index contributed by atoms with van der Waals surface area (Å²) in [6, 6.07) is 20.1. The van der Waals surface area contributed by atoms with Crippen molar-refractivity contribution in [3.63, 3.8) is 0 Å². The van der Waals surface area contributed by atoms with Crippen LogP contribution in [0.25, 0.3) is 22.4 Å². The molecule has 0 atom stereocenters. The van der Waals surface area contributed by atoms with E-state index < -0.39 is 5.97 Å². The van der Waals surface area contributed by atoms with Crippen LogP contribution in [0.5, 0.6) is 0 Å². The summed E-state index contributed by atoms with van der Waals surface area (Å²) in [7, 11) is 1.83. The topological polar surface area (TPSA) is 44.1 Å². The van der Waals surface area contributed by atoms with Crippen LogP contribution in [0.1, 0.15) is 17.4 Å². The molecule has 2 aromatic carbocycles. The molecule has 0 N–H and O–H groups in total. The molecule has 0 fully saturated rings. The second-order valence-corrected chi connectivity index (χ2v) is 5.21. The zero-order chi connectivity index (χ0) is 16.2. The molecule has 0 unspecified atom stereocenters. The third kappa shape index (κ3) is 3.16. The summed E-state index contributed by atoms with van der Waals surface area (Å²) in [5, 5.41) is 4.25. The molecule has 1 aromatic heterocycles. The number of hydrogen-bond acceptors (Lipinski definition) is 3. The molecule has 0 aliphatic carbocycles. The first-order valence-electron chi connectivity index (χ1n) is 7.56. The van der Waals surface area contributed by atoms with E-state index in [0.717, 1.165) is 22.4 Å². The summed E-state index contributed by atoms with van der Waals surface area (Å²) in [6.07, 6.45) is 0. The minimum atomic E-state index is -0.395. The second kappa shape index (κ2) is 6.48. The third-order valence-corrected chi connectivity index (χ3v) is 3.63. The Morgan fingerprint density at radius 1 is 1.00 bits per heavy atom. The third-order valence-electron chi connectivity index (χ3n) is 3.63. The van der Waals surface area contributed by atoms with Crippen molar-refractivity contribution in [2.75, 3.05) is 6.61 Å². The van der Waals surface area contributed by atoms with E-state index in [9.17, 15) is 4.79 Å². The van der Waals surface area contributed by atoms with Gasteiger partial charge in [0, 0.05) is 12.6 Å². The molecule has 0 amide bonds. The first kappa shape index (κ1) is 15.0. The van der Waals surface area contributed by atoms with Crippen LogP contribution in [0.15, 0.2) is 60.7 Å². The fourth-order valence-electron chi connectivity index (χ4n) is 2.53. The van der Waals surface area contributed by atoms with Crippen LogP contribution < -0.4 is 0 Å². The van der Waals surface area contributed by atoms with E-state index in [1.807, 2.05) is 37.4 Å². The van der Waals surface area contributed by atoms with E-state index in [1.54, 1.807) is 17.7 Å². The van der Waals surface area contributed by atoms with Crippen LogP contribution in [0.3, 0.4) is 0 Å². The lowest BCUT2D eigenvalue weighted by molar-refractivity contribution is 0.0518. The van der Waals surface area contributed by atoms with E-state index in [2.05, 4.69) is 29.4 Å². The summed E-state index contributed by atoms with van der Waals surface area (Å²) in [4.78, 5) is 11.8. The van der Waals surface area contributed by atoms with E-state index in [4.69, 9.17) is 4.74 Å². The van der Waals surface area contributed by atoms with Gasteiger partial charge in [-0.3, -0.25) is 4.68 Å². The SMILES string of the molecule is CCOC(=O)c1cc(-c2cccc(-c3ccccc3)c2)n(C)n1. The van der Waals surface area contributed by atoms with Gasteiger partial charge in [0.1, 0.15) is 0 Å². The molecule has 0 spiro atoms. The van der Waals surface area contributed by atoms with E-state index in [0.29, 0.717) is 12.3 Å². The van der Waals surface area contributed by atoms with Crippen molar-refractivity contribution in [3.8, 4) is 22.4 Å². The first-order chi connectivity index (χ1) is 11.2. The zero-order valence-electron chi connectivity index (χ0n) is 13.2. The van der Waals surface area contributed by atoms with Gasteiger partial charge in [-0.1, -0.05) is 48.5 Å². The van der Waals surface area contributed by atoms with Gasteiger partial charge in [0.25, 0.3) is 0 Å². The molecule has 0 aliphatic heterocycles. The summed E-state index contributed by atoms with van der Waals surface area (Å²) in [5.74, 6) is -0.395. The van der Waals surface area contributed by atoms with Crippen LogP contribution in [-0.4, -0.2) is 22.4 Å². The Morgan fingerprint density at radius 2 is 1.70 bits per heavy atom. The number of aryl methyl sites for hydroxylation is 1. The normalized spacial score (nSPS) is 10.5. The number of esters is 1. The van der Waals surface area contributed by atoms with Crippen molar-refractivity contribution in [2.45, 2.75) is 6.92 Å². The molecule has 0 saturated heterocycles. The highest BCUT2D eigenvalue weighted by atomic mass is 16.5. The lowest BCUT2D eigenvalue weighted by Gasteiger charge is -2.06. The largest absolute Gasteiger partial charge is 0.461 e. The molecule has 116 valence electrons. The van der Waals surface area contributed by atoms with Gasteiger partial charge in [0.05, 0.1) is 12.3 Å². The van der Waals surface area contributed by atoms with Crippen LogP contribution in [-0.2, 0) is 11.8 Å². The van der Waals surface area contributed by atoms with Gasteiger partial charge in [0.15, 0.2) is 5.69 Å². The van der Waals surface area contributed by atoms with Gasteiger partial charge >= 0.3 is 5.97 Å². The van der Waals surface area contributed by atoms with Gasteiger partial charge in [0.2, 0.25) is 0 Å². The molecule has 4 nitrogen and oxygen atoms in total. The van der Waals surface area contributed by atoms with Gasteiger partial charge < -0.3 is 4.74 Å². The molecule has 0 radical (unpaired) electrons. The summed E-state index contributed by atoms with van der Waals surface area (Å²) in [5.41, 5.74) is 4.50. The van der Waals surface area contributed by atoms with Gasteiger partial charge in [-0.25, -0.2) is 4.79 Å². The Kier molecular flexibility index (Phi) is 4.24. The summed E-state index contributed by atoms with van der Waals surface area (Å²) >= 11 is 0. The Balaban J connectivity index is 1.98. The van der Waals surface area contributed by atoms with Crippen LogP contribution in [0, 0.1) is 0 Å². The maximum atomic E-state index is 11.8. The Hall–Kier alpha value is -2.88.